The molecule has 2 aromatic rings. The third kappa shape index (κ3) is 5.14. The van der Waals surface area contributed by atoms with Crippen LogP contribution in [0.4, 0.5) is 10.1 Å². The first-order chi connectivity index (χ1) is 13.0. The number of carbonyl (C=O) groups is 2. The maximum atomic E-state index is 13.4. The number of carboxylic acids is 1. The number of amides is 1. The van der Waals surface area contributed by atoms with E-state index in [1.165, 1.54) is 17.0 Å². The molecule has 1 heterocycles. The molecule has 1 unspecified atom stereocenters. The zero-order chi connectivity index (χ0) is 19.2. The van der Waals surface area contributed by atoms with Crippen LogP contribution in [0, 0.1) is 11.7 Å². The van der Waals surface area contributed by atoms with Gasteiger partial charge in [-0.15, -0.1) is 0 Å². The van der Waals surface area contributed by atoms with E-state index in [2.05, 4.69) is 4.90 Å². The van der Waals surface area contributed by atoms with Gasteiger partial charge < -0.3 is 10.0 Å². The quantitative estimate of drug-likeness (QED) is 0.849. The molecule has 1 amide bonds. The Labute approximate surface area is 158 Å². The lowest BCUT2D eigenvalue weighted by atomic mass is 9.95. The third-order valence-electron chi connectivity index (χ3n) is 4.78. The maximum absolute atomic E-state index is 13.4. The lowest BCUT2D eigenvalue weighted by molar-refractivity contribution is -0.137. The molecule has 142 valence electrons. The Hall–Kier alpha value is -2.73. The number of carboxylic acid groups (broad SMARTS) is 1. The van der Waals surface area contributed by atoms with Crippen LogP contribution in [0.3, 0.4) is 0 Å². The van der Waals surface area contributed by atoms with Crippen molar-refractivity contribution in [3.63, 3.8) is 0 Å². The first-order valence-corrected chi connectivity index (χ1v) is 9.08. The molecule has 5 nitrogen and oxygen atoms in total. The van der Waals surface area contributed by atoms with Gasteiger partial charge in [0, 0.05) is 18.8 Å². The van der Waals surface area contributed by atoms with Crippen LogP contribution in [0.2, 0.25) is 0 Å². The fraction of sp³-hybridized carbons (Fsp3) is 0.333. The van der Waals surface area contributed by atoms with Crippen LogP contribution in [0.15, 0.2) is 54.6 Å². The molecular formula is C21H23FN2O3. The summed E-state index contributed by atoms with van der Waals surface area (Å²) in [6, 6.07) is 15.4. The van der Waals surface area contributed by atoms with E-state index >= 15 is 0 Å². The predicted octanol–water partition coefficient (Wildman–Crippen LogP) is 3.16. The minimum Gasteiger partial charge on any atom is -0.480 e. The van der Waals surface area contributed by atoms with Crippen LogP contribution in [0.25, 0.3) is 0 Å². The molecule has 1 saturated heterocycles. The van der Waals surface area contributed by atoms with Crippen molar-refractivity contribution >= 4 is 17.6 Å². The highest BCUT2D eigenvalue weighted by Gasteiger charge is 2.31. The number of benzene rings is 2. The van der Waals surface area contributed by atoms with Crippen LogP contribution in [-0.2, 0) is 16.1 Å². The number of rotatable bonds is 6. The summed E-state index contributed by atoms with van der Waals surface area (Å²) >= 11 is 0. The van der Waals surface area contributed by atoms with E-state index in [-0.39, 0.29) is 24.2 Å². The number of likely N-dealkylation sites (tertiary alicyclic amines) is 1. The highest BCUT2D eigenvalue weighted by Crippen LogP contribution is 2.24. The Morgan fingerprint density at radius 2 is 1.93 bits per heavy atom. The Kier molecular flexibility index (Phi) is 6.19. The number of hydrogen-bond acceptors (Lipinski definition) is 3. The Balaban J connectivity index is 1.71. The van der Waals surface area contributed by atoms with Gasteiger partial charge in [-0.05, 0) is 49.2 Å². The molecule has 1 N–H and O–H groups in total. The molecule has 6 heteroatoms. The van der Waals surface area contributed by atoms with Crippen molar-refractivity contribution in [3.8, 4) is 0 Å². The third-order valence-corrected chi connectivity index (χ3v) is 4.78. The second kappa shape index (κ2) is 8.77. The van der Waals surface area contributed by atoms with Gasteiger partial charge in [-0.1, -0.05) is 30.3 Å². The number of anilines is 1. The largest absolute Gasteiger partial charge is 0.480 e. The normalized spacial score (nSPS) is 17.4. The van der Waals surface area contributed by atoms with Gasteiger partial charge >= 0.3 is 5.97 Å². The zero-order valence-corrected chi connectivity index (χ0v) is 15.1. The van der Waals surface area contributed by atoms with Crippen molar-refractivity contribution in [2.24, 2.45) is 5.92 Å². The first-order valence-electron chi connectivity index (χ1n) is 9.08. The van der Waals surface area contributed by atoms with Crippen LogP contribution < -0.4 is 4.90 Å². The molecular weight excluding hydrogens is 347 g/mol. The number of carbonyl (C=O) groups excluding carboxylic acids is 1. The van der Waals surface area contributed by atoms with E-state index in [0.717, 1.165) is 24.9 Å². The highest BCUT2D eigenvalue weighted by atomic mass is 19.1. The van der Waals surface area contributed by atoms with Crippen molar-refractivity contribution in [2.45, 2.75) is 19.4 Å². The van der Waals surface area contributed by atoms with Crippen LogP contribution in [-0.4, -0.2) is 41.5 Å². The summed E-state index contributed by atoms with van der Waals surface area (Å²) in [5, 5.41) is 9.23. The van der Waals surface area contributed by atoms with Crippen LogP contribution >= 0.6 is 0 Å². The van der Waals surface area contributed by atoms with Gasteiger partial charge in [0.25, 0.3) is 0 Å². The van der Waals surface area contributed by atoms with Gasteiger partial charge in [0.15, 0.2) is 0 Å². The van der Waals surface area contributed by atoms with Crippen LogP contribution in [0.5, 0.6) is 0 Å². The predicted molar refractivity (Wildman–Crippen MR) is 101 cm³/mol. The summed E-state index contributed by atoms with van der Waals surface area (Å²) in [4.78, 5) is 27.8. The summed E-state index contributed by atoms with van der Waals surface area (Å²) < 4.78 is 13.4. The standard InChI is InChI=1S/C21H23FN2O3/c22-18-8-4-6-16(12-18)13-23-11-5-7-17(14-23)21(27)24(15-20(25)26)19-9-2-1-3-10-19/h1-4,6,8-10,12,17H,5,7,11,13-15H2,(H,25,26). The van der Waals surface area contributed by atoms with E-state index in [1.54, 1.807) is 30.3 Å². The summed E-state index contributed by atoms with van der Waals surface area (Å²) in [7, 11) is 0. The number of piperidine rings is 1. The molecule has 3 rings (SSSR count). The number of aliphatic carboxylic acids is 1. The average Bonchev–Trinajstić information content (AvgIpc) is 2.66. The van der Waals surface area contributed by atoms with Crippen molar-refractivity contribution in [1.29, 1.82) is 0 Å². The minimum absolute atomic E-state index is 0.174. The molecule has 0 aromatic heterocycles. The molecule has 0 bridgehead atoms. The van der Waals surface area contributed by atoms with Crippen molar-refractivity contribution in [1.82, 2.24) is 4.90 Å². The molecule has 1 fully saturated rings. The topological polar surface area (TPSA) is 60.9 Å². The van der Waals surface area contributed by atoms with Gasteiger partial charge in [-0.25, -0.2) is 4.39 Å². The van der Waals surface area contributed by atoms with Crippen LogP contribution in [0.1, 0.15) is 18.4 Å². The molecule has 1 aliphatic rings. The summed E-state index contributed by atoms with van der Waals surface area (Å²) in [5.41, 5.74) is 1.46. The lowest BCUT2D eigenvalue weighted by Crippen LogP contribution is -2.46. The fourth-order valence-corrected chi connectivity index (χ4v) is 3.55. The molecule has 1 aliphatic heterocycles. The number of hydrogen-bond donors (Lipinski definition) is 1. The first kappa shape index (κ1) is 19.0. The van der Waals surface area contributed by atoms with E-state index in [4.69, 9.17) is 0 Å². The van der Waals surface area contributed by atoms with Gasteiger partial charge in [-0.2, -0.15) is 0 Å². The SMILES string of the molecule is O=C(O)CN(C(=O)C1CCCN(Cc2cccc(F)c2)C1)c1ccccc1. The van der Waals surface area contributed by atoms with Gasteiger partial charge in [0.1, 0.15) is 12.4 Å². The maximum Gasteiger partial charge on any atom is 0.323 e. The second-order valence-corrected chi connectivity index (χ2v) is 6.86. The molecule has 1 atom stereocenters. The van der Waals surface area contributed by atoms with E-state index in [9.17, 15) is 19.1 Å². The summed E-state index contributed by atoms with van der Waals surface area (Å²) in [6.45, 7) is 1.60. The average molecular weight is 370 g/mol. The zero-order valence-electron chi connectivity index (χ0n) is 15.1. The molecule has 0 radical (unpaired) electrons. The number of nitrogens with zero attached hydrogens (tertiary/aromatic N) is 2. The summed E-state index contributed by atoms with van der Waals surface area (Å²) in [5.74, 6) is -1.76. The van der Waals surface area contributed by atoms with Gasteiger partial charge in [0.2, 0.25) is 5.91 Å². The smallest absolute Gasteiger partial charge is 0.323 e. The molecule has 27 heavy (non-hydrogen) atoms. The van der Waals surface area contributed by atoms with Crippen molar-refractivity contribution < 1.29 is 19.1 Å². The van der Waals surface area contributed by atoms with Crippen molar-refractivity contribution in [3.05, 3.63) is 66.0 Å². The molecule has 0 aliphatic carbocycles. The lowest BCUT2D eigenvalue weighted by Gasteiger charge is -2.34. The summed E-state index contributed by atoms with van der Waals surface area (Å²) in [6.07, 6.45) is 1.57. The number of para-hydroxylation sites is 1. The highest BCUT2D eigenvalue weighted by molar-refractivity contribution is 5.98. The Morgan fingerprint density at radius 3 is 2.63 bits per heavy atom. The minimum atomic E-state index is -1.04. The number of halogens is 1. The second-order valence-electron chi connectivity index (χ2n) is 6.86. The monoisotopic (exact) mass is 370 g/mol. The van der Waals surface area contributed by atoms with Gasteiger partial charge in [-0.3, -0.25) is 14.5 Å². The molecule has 2 aromatic carbocycles. The van der Waals surface area contributed by atoms with E-state index in [0.29, 0.717) is 18.8 Å². The van der Waals surface area contributed by atoms with Gasteiger partial charge in [0.05, 0.1) is 5.92 Å². The Bertz CT molecular complexity index is 797. The van der Waals surface area contributed by atoms with E-state index < -0.39 is 5.97 Å². The van der Waals surface area contributed by atoms with Crippen molar-refractivity contribution in [2.75, 3.05) is 24.5 Å². The Morgan fingerprint density at radius 1 is 1.15 bits per heavy atom. The van der Waals surface area contributed by atoms with E-state index in [1.807, 2.05) is 12.1 Å². The molecule has 0 spiro atoms. The molecule has 0 saturated carbocycles. The fourth-order valence-electron chi connectivity index (χ4n) is 3.55.